The maximum atomic E-state index is 12.9. The molecule has 324 valence electrons. The Morgan fingerprint density at radius 3 is 1.55 bits per heavy atom. The molecule has 19 nitrogen and oxygen atoms in total. The van der Waals surface area contributed by atoms with Gasteiger partial charge in [0.15, 0.2) is 6.10 Å². The number of unbranched alkanes of at least 4 members (excludes halogenated alkanes) is 12. The Morgan fingerprint density at radius 1 is 0.603 bits per heavy atom. The van der Waals surface area contributed by atoms with Crippen LogP contribution in [-0.2, 0) is 50.9 Å². The zero-order chi connectivity index (χ0) is 43.6. The summed E-state index contributed by atoms with van der Waals surface area (Å²) in [5.41, 5.74) is 0. The number of terminal acetylenes is 1. The van der Waals surface area contributed by atoms with Crippen LogP contribution < -0.4 is 0 Å². The van der Waals surface area contributed by atoms with Crippen molar-refractivity contribution in [1.29, 1.82) is 0 Å². The first-order chi connectivity index (χ1) is 27.3. The standard InChI is InChI=1S/C36H51O19P3/c1-3-5-7-9-11-13-14-15-16-17-19-21-23-25-30(38)52-28(26-50-29(37)24-22-20-18-12-10-8-6-4-2)27-51-58(48,49)55-34-31(39)32(40)35(53-56(42,43)44)36(33(34)41)54-57(45,46)47/h2,28,31-36,39-41H,3,5,7,9,11,13-17,19,21,23,25-27H2,1H3,(H,48,49)(H2,42,43,44)(H2,45,46,47)/t28-,31?,32?,33-,34?,35+,36?/m1/s1. The van der Waals surface area contributed by atoms with Crippen LogP contribution in [0, 0.1) is 59.7 Å². The zero-order valence-corrected chi connectivity index (χ0v) is 34.5. The monoisotopic (exact) mass is 880 g/mol. The first-order valence-electron chi connectivity index (χ1n) is 18.3. The van der Waals surface area contributed by atoms with Crippen molar-refractivity contribution < 1.29 is 90.6 Å². The maximum absolute atomic E-state index is 12.9. The number of rotatable bonds is 26. The van der Waals surface area contributed by atoms with Crippen LogP contribution in [-0.4, -0.2) is 108 Å². The predicted octanol–water partition coefficient (Wildman–Crippen LogP) is 2.12. The van der Waals surface area contributed by atoms with E-state index in [4.69, 9.17) is 34.7 Å². The van der Waals surface area contributed by atoms with Crippen LogP contribution in [0.15, 0.2) is 0 Å². The molecule has 8 atom stereocenters. The predicted molar refractivity (Wildman–Crippen MR) is 204 cm³/mol. The SMILES string of the molecule is C#CC#CC#CC#CC#CC(=O)OC[C@H](COP(=O)(O)OC1C(O)C(O)[C@H](OP(=O)(O)O)C(OP(=O)(O)O)[C@@H]1O)OC(=O)CCCCCCCCCCCCCCC. The fourth-order valence-corrected chi connectivity index (χ4v) is 7.44. The third kappa shape index (κ3) is 24.8. The fourth-order valence-electron chi connectivity index (χ4n) is 5.34. The van der Waals surface area contributed by atoms with Gasteiger partial charge in [-0.05, 0) is 53.8 Å². The van der Waals surface area contributed by atoms with Gasteiger partial charge in [0, 0.05) is 12.3 Å². The number of phosphoric ester groups is 3. The molecule has 1 aliphatic carbocycles. The number of aliphatic hydroxyl groups is 3. The van der Waals surface area contributed by atoms with Crippen molar-refractivity contribution in [2.24, 2.45) is 0 Å². The molecule has 1 rings (SSSR count). The van der Waals surface area contributed by atoms with E-state index in [1.165, 1.54) is 44.9 Å². The number of carbonyl (C=O) groups excluding carboxylic acids is 2. The molecule has 0 aromatic heterocycles. The highest BCUT2D eigenvalue weighted by Gasteiger charge is 2.56. The third-order valence-electron chi connectivity index (χ3n) is 8.01. The van der Waals surface area contributed by atoms with Gasteiger partial charge in [0.1, 0.15) is 43.2 Å². The topological polar surface area (TPSA) is 303 Å². The highest BCUT2D eigenvalue weighted by Crippen LogP contribution is 2.51. The van der Waals surface area contributed by atoms with Crippen molar-refractivity contribution >= 4 is 35.4 Å². The van der Waals surface area contributed by atoms with E-state index in [1.54, 1.807) is 0 Å². The molecule has 0 saturated heterocycles. The van der Waals surface area contributed by atoms with Gasteiger partial charge in [-0.2, -0.15) is 0 Å². The summed E-state index contributed by atoms with van der Waals surface area (Å²) in [6.07, 6.45) is 2.00. The maximum Gasteiger partial charge on any atom is 0.472 e. The average molecular weight is 881 g/mol. The van der Waals surface area contributed by atoms with Gasteiger partial charge < -0.3 is 49.3 Å². The molecule has 0 spiro atoms. The molecule has 0 aliphatic heterocycles. The average Bonchev–Trinajstić information content (AvgIpc) is 3.14. The van der Waals surface area contributed by atoms with Gasteiger partial charge in [0.05, 0.1) is 6.61 Å². The van der Waals surface area contributed by atoms with Crippen molar-refractivity contribution in [1.82, 2.24) is 0 Å². The molecule has 0 aromatic carbocycles. The fraction of sp³-hybridized carbons (Fsp3) is 0.667. The quantitative estimate of drug-likeness (QED) is 0.0203. The minimum atomic E-state index is -5.62. The molecule has 0 amide bonds. The first kappa shape index (κ1) is 53.0. The highest BCUT2D eigenvalue weighted by molar-refractivity contribution is 7.47. The molecule has 22 heteroatoms. The lowest BCUT2D eigenvalue weighted by Crippen LogP contribution is -2.65. The van der Waals surface area contributed by atoms with Crippen molar-refractivity contribution in [2.45, 2.75) is 140 Å². The molecule has 1 saturated carbocycles. The van der Waals surface area contributed by atoms with E-state index >= 15 is 0 Å². The molecule has 1 aliphatic rings. The molecule has 0 heterocycles. The summed E-state index contributed by atoms with van der Waals surface area (Å²) >= 11 is 0. The molecule has 0 radical (unpaired) electrons. The molecule has 5 unspecified atom stereocenters. The molecular weight excluding hydrogens is 829 g/mol. The van der Waals surface area contributed by atoms with Crippen LogP contribution >= 0.6 is 23.5 Å². The van der Waals surface area contributed by atoms with Crippen molar-refractivity contribution in [2.75, 3.05) is 13.2 Å². The lowest BCUT2D eigenvalue weighted by Gasteiger charge is -2.44. The summed E-state index contributed by atoms with van der Waals surface area (Å²) in [4.78, 5) is 72.1. The lowest BCUT2D eigenvalue weighted by atomic mass is 9.85. The molecule has 58 heavy (non-hydrogen) atoms. The Balaban J connectivity index is 2.92. The Morgan fingerprint density at radius 2 is 1.05 bits per heavy atom. The van der Waals surface area contributed by atoms with Crippen LogP contribution in [0.4, 0.5) is 0 Å². The minimum absolute atomic E-state index is 0.0746. The van der Waals surface area contributed by atoms with E-state index in [2.05, 4.69) is 57.4 Å². The van der Waals surface area contributed by atoms with Gasteiger partial charge in [-0.1, -0.05) is 84.0 Å². The zero-order valence-electron chi connectivity index (χ0n) is 31.8. The van der Waals surface area contributed by atoms with Crippen molar-refractivity contribution in [3.8, 4) is 59.7 Å². The molecule has 0 aromatic rings. The van der Waals surface area contributed by atoms with E-state index in [0.717, 1.165) is 25.7 Å². The van der Waals surface area contributed by atoms with E-state index < -0.39 is 91.3 Å². The first-order valence-corrected chi connectivity index (χ1v) is 22.9. The Bertz CT molecular complexity index is 1740. The molecule has 8 N–H and O–H groups in total. The van der Waals surface area contributed by atoms with E-state index in [9.17, 15) is 53.3 Å². The van der Waals surface area contributed by atoms with Gasteiger partial charge in [-0.25, -0.2) is 18.5 Å². The van der Waals surface area contributed by atoms with Crippen LogP contribution in [0.2, 0.25) is 0 Å². The van der Waals surface area contributed by atoms with Crippen LogP contribution in [0.25, 0.3) is 0 Å². The molecule has 1 fully saturated rings. The second-order valence-corrected chi connectivity index (χ2v) is 16.6. The van der Waals surface area contributed by atoms with Gasteiger partial charge in [0.25, 0.3) is 0 Å². The van der Waals surface area contributed by atoms with E-state index in [-0.39, 0.29) is 6.42 Å². The number of hydrogen-bond donors (Lipinski definition) is 8. The van der Waals surface area contributed by atoms with E-state index in [0.29, 0.717) is 12.8 Å². The Kier molecular flexibility index (Phi) is 26.0. The summed E-state index contributed by atoms with van der Waals surface area (Å²) in [5.74, 6) is 17.9. The Hall–Kier alpha value is -3.05. The Labute approximate surface area is 338 Å². The number of ether oxygens (including phenoxy) is 2. The summed E-state index contributed by atoms with van der Waals surface area (Å²) in [7, 11) is -16.7. The summed E-state index contributed by atoms with van der Waals surface area (Å²) in [6.45, 7) is 0.379. The normalized spacial score (nSPS) is 21.7. The second kappa shape index (κ2) is 28.4. The van der Waals surface area contributed by atoms with Crippen LogP contribution in [0.1, 0.15) is 96.8 Å². The smallest absolute Gasteiger partial charge is 0.456 e. The molecular formula is C36H51O19P3. The summed E-state index contributed by atoms with van der Waals surface area (Å²) in [5, 5.41) is 31.6. The number of hydrogen-bond acceptors (Lipinski definition) is 14. The number of carbonyl (C=O) groups is 2. The van der Waals surface area contributed by atoms with Gasteiger partial charge >= 0.3 is 35.4 Å². The van der Waals surface area contributed by atoms with Crippen LogP contribution in [0.5, 0.6) is 0 Å². The van der Waals surface area contributed by atoms with Crippen molar-refractivity contribution in [3.05, 3.63) is 0 Å². The molecule has 0 bridgehead atoms. The summed E-state index contributed by atoms with van der Waals surface area (Å²) in [6, 6.07) is 0. The summed E-state index contributed by atoms with van der Waals surface area (Å²) < 4.78 is 64.3. The third-order valence-corrected chi connectivity index (χ3v) is 10.0. The lowest BCUT2D eigenvalue weighted by molar-refractivity contribution is -0.213. The second-order valence-electron chi connectivity index (χ2n) is 12.8. The number of aliphatic hydroxyl groups excluding tert-OH is 3. The number of esters is 2. The van der Waals surface area contributed by atoms with Gasteiger partial charge in [-0.3, -0.25) is 22.9 Å². The van der Waals surface area contributed by atoms with Crippen molar-refractivity contribution in [3.63, 3.8) is 0 Å². The number of phosphoric acid groups is 3. The highest BCUT2D eigenvalue weighted by atomic mass is 31.2. The van der Waals surface area contributed by atoms with Crippen LogP contribution in [0.3, 0.4) is 0 Å². The van der Waals surface area contributed by atoms with Gasteiger partial charge in [-0.15, -0.1) is 6.42 Å². The van der Waals surface area contributed by atoms with E-state index in [1.807, 2.05) is 11.8 Å². The minimum Gasteiger partial charge on any atom is -0.456 e. The van der Waals surface area contributed by atoms with Gasteiger partial charge in [0.2, 0.25) is 0 Å². The largest absolute Gasteiger partial charge is 0.472 e.